The topological polar surface area (TPSA) is 107 Å². The standard InChI is InChI=1S/C12H21NO5.C9H18N2OS.C4H10/c1-2-4-15-6-8-17-10-11-18-9-7-16-5-3-13-12-14;1-3-4-5-7-8(6-13-2)11-9(12)10-7;1-3-4-2/h1,12H,3-11H2,(H,13,14);7-8H,3-6H2,1-2H3,(H2,10,11,12);3-4H2,1-2H3. The van der Waals surface area contributed by atoms with Gasteiger partial charge in [-0.2, -0.15) is 11.8 Å². The van der Waals surface area contributed by atoms with E-state index in [1.165, 1.54) is 25.7 Å². The lowest BCUT2D eigenvalue weighted by atomic mass is 10.1. The minimum atomic E-state index is 0.000142. The zero-order valence-electron chi connectivity index (χ0n) is 22.3. The summed E-state index contributed by atoms with van der Waals surface area (Å²) in [5.74, 6) is 3.38. The van der Waals surface area contributed by atoms with Crippen LogP contribution in [0.4, 0.5) is 4.79 Å². The number of terminal acetylenes is 1. The minimum Gasteiger partial charge on any atom is -0.377 e. The number of carbonyl (C=O) groups is 2. The molecule has 1 rings (SSSR count). The maximum Gasteiger partial charge on any atom is 0.315 e. The van der Waals surface area contributed by atoms with Gasteiger partial charge in [-0.1, -0.05) is 52.4 Å². The summed E-state index contributed by atoms with van der Waals surface area (Å²) >= 11 is 1.78. The molecule has 1 aliphatic heterocycles. The third-order valence-corrected chi connectivity index (χ3v) is 5.30. The van der Waals surface area contributed by atoms with Crippen LogP contribution in [0.2, 0.25) is 0 Å². The van der Waals surface area contributed by atoms with Gasteiger partial charge in [-0.15, -0.1) is 6.42 Å². The molecule has 1 saturated heterocycles. The first-order chi connectivity index (χ1) is 17.1. The van der Waals surface area contributed by atoms with Crippen molar-refractivity contribution >= 4 is 24.2 Å². The SMILES string of the molecule is C#CCOCCOCCOCCOCCNC=O.CCCC.CCCCC1NC(=O)NC1CSC. The molecule has 35 heavy (non-hydrogen) atoms. The fourth-order valence-electron chi connectivity index (χ4n) is 2.60. The Morgan fingerprint density at radius 3 is 1.94 bits per heavy atom. The van der Waals surface area contributed by atoms with E-state index in [0.29, 0.717) is 77.9 Å². The summed E-state index contributed by atoms with van der Waals surface area (Å²) in [4.78, 5) is 21.0. The zero-order chi connectivity index (χ0) is 26.4. The summed E-state index contributed by atoms with van der Waals surface area (Å²) in [5.41, 5.74) is 0. The lowest BCUT2D eigenvalue weighted by Gasteiger charge is -2.16. The zero-order valence-corrected chi connectivity index (χ0v) is 23.1. The van der Waals surface area contributed by atoms with Crippen LogP contribution in [0.15, 0.2) is 0 Å². The van der Waals surface area contributed by atoms with Gasteiger partial charge in [0.2, 0.25) is 6.41 Å². The number of ether oxygens (including phenoxy) is 4. The van der Waals surface area contributed by atoms with E-state index in [2.05, 4.69) is 48.9 Å². The number of unbranched alkanes of at least 4 members (excludes halogenated alkanes) is 2. The van der Waals surface area contributed by atoms with Crippen molar-refractivity contribution in [2.75, 3.05) is 71.4 Å². The third-order valence-electron chi connectivity index (χ3n) is 4.61. The molecule has 0 saturated carbocycles. The van der Waals surface area contributed by atoms with E-state index in [1.807, 2.05) is 0 Å². The van der Waals surface area contributed by atoms with Gasteiger partial charge < -0.3 is 34.9 Å². The Morgan fingerprint density at radius 2 is 1.46 bits per heavy atom. The number of carbonyl (C=O) groups excluding carboxylic acids is 2. The number of urea groups is 1. The van der Waals surface area contributed by atoms with E-state index in [4.69, 9.17) is 25.4 Å². The molecule has 9 nitrogen and oxygen atoms in total. The molecule has 10 heteroatoms. The van der Waals surface area contributed by atoms with Crippen LogP contribution in [0.5, 0.6) is 0 Å². The number of hydrogen-bond acceptors (Lipinski definition) is 7. The quantitative estimate of drug-likeness (QED) is 0.129. The highest BCUT2D eigenvalue weighted by Crippen LogP contribution is 2.13. The maximum absolute atomic E-state index is 11.1. The average molecular weight is 520 g/mol. The molecule has 0 aromatic rings. The minimum absolute atomic E-state index is 0.000142. The summed E-state index contributed by atoms with van der Waals surface area (Å²) in [6, 6.07) is 0.675. The van der Waals surface area contributed by atoms with Crippen molar-refractivity contribution in [3.05, 3.63) is 0 Å². The van der Waals surface area contributed by atoms with E-state index in [-0.39, 0.29) is 6.03 Å². The Morgan fingerprint density at radius 1 is 0.914 bits per heavy atom. The van der Waals surface area contributed by atoms with Crippen LogP contribution < -0.4 is 16.0 Å². The highest BCUT2D eigenvalue weighted by molar-refractivity contribution is 7.98. The van der Waals surface area contributed by atoms with Crippen molar-refractivity contribution in [3.8, 4) is 12.3 Å². The predicted octanol–water partition coefficient (Wildman–Crippen LogP) is 2.83. The van der Waals surface area contributed by atoms with E-state index >= 15 is 0 Å². The predicted molar refractivity (Wildman–Crippen MR) is 144 cm³/mol. The third kappa shape index (κ3) is 26.9. The van der Waals surface area contributed by atoms with Crippen LogP contribution in [0.3, 0.4) is 0 Å². The van der Waals surface area contributed by atoms with Gasteiger partial charge in [0.05, 0.1) is 58.3 Å². The summed E-state index contributed by atoms with van der Waals surface area (Å²) in [6.45, 7) is 10.9. The second-order valence-electron chi connectivity index (χ2n) is 7.59. The number of rotatable bonds is 20. The Hall–Kier alpha value is -1.51. The smallest absolute Gasteiger partial charge is 0.315 e. The lowest BCUT2D eigenvalue weighted by molar-refractivity contribution is -0.109. The molecule has 2 atom stereocenters. The van der Waals surface area contributed by atoms with Crippen LogP contribution in [0.1, 0.15) is 52.9 Å². The van der Waals surface area contributed by atoms with Crippen molar-refractivity contribution in [3.63, 3.8) is 0 Å². The molecule has 1 fully saturated rings. The van der Waals surface area contributed by atoms with E-state index in [0.717, 1.165) is 12.2 Å². The number of hydrogen-bond donors (Lipinski definition) is 3. The molecule has 0 bridgehead atoms. The second-order valence-corrected chi connectivity index (χ2v) is 8.50. The first-order valence-electron chi connectivity index (χ1n) is 12.6. The van der Waals surface area contributed by atoms with Crippen LogP contribution in [-0.2, 0) is 23.7 Å². The van der Waals surface area contributed by atoms with Crippen molar-refractivity contribution in [2.24, 2.45) is 0 Å². The second kappa shape index (κ2) is 30.5. The Balaban J connectivity index is 0. The van der Waals surface area contributed by atoms with Gasteiger partial charge in [-0.05, 0) is 12.7 Å². The number of thioether (sulfide) groups is 1. The van der Waals surface area contributed by atoms with E-state index < -0.39 is 0 Å². The lowest BCUT2D eigenvalue weighted by Crippen LogP contribution is -2.35. The van der Waals surface area contributed by atoms with Gasteiger partial charge >= 0.3 is 6.03 Å². The average Bonchev–Trinajstić information content (AvgIpc) is 3.22. The molecule has 1 heterocycles. The van der Waals surface area contributed by atoms with Gasteiger partial charge in [0, 0.05) is 12.3 Å². The molecule has 0 aromatic heterocycles. The molecule has 0 aliphatic carbocycles. The van der Waals surface area contributed by atoms with Crippen molar-refractivity contribution in [2.45, 2.75) is 65.0 Å². The van der Waals surface area contributed by atoms with Crippen LogP contribution in [0.25, 0.3) is 0 Å². The van der Waals surface area contributed by atoms with Crippen molar-refractivity contribution in [1.29, 1.82) is 0 Å². The van der Waals surface area contributed by atoms with Crippen LogP contribution in [0, 0.1) is 12.3 Å². The maximum atomic E-state index is 11.1. The monoisotopic (exact) mass is 519 g/mol. The molecule has 2 unspecified atom stereocenters. The molecule has 3 amide bonds. The number of nitrogens with one attached hydrogen (secondary N) is 3. The fourth-order valence-corrected chi connectivity index (χ4v) is 3.27. The van der Waals surface area contributed by atoms with Crippen molar-refractivity contribution in [1.82, 2.24) is 16.0 Å². The van der Waals surface area contributed by atoms with E-state index in [1.54, 1.807) is 11.8 Å². The largest absolute Gasteiger partial charge is 0.377 e. The summed E-state index contributed by atoms with van der Waals surface area (Å²) in [6.07, 6.45) is 13.8. The van der Waals surface area contributed by atoms with Gasteiger partial charge in [-0.25, -0.2) is 4.79 Å². The van der Waals surface area contributed by atoms with Gasteiger partial charge in [-0.3, -0.25) is 4.79 Å². The Kier molecular flexibility index (Phi) is 31.1. The fraction of sp³-hybridized carbons (Fsp3) is 0.840. The number of amides is 3. The van der Waals surface area contributed by atoms with Gasteiger partial charge in [0.1, 0.15) is 6.61 Å². The summed E-state index contributed by atoms with van der Waals surface area (Å²) in [7, 11) is 0. The Bertz CT molecular complexity index is 506. The van der Waals surface area contributed by atoms with Crippen LogP contribution in [-0.4, -0.2) is 95.9 Å². The normalized spacial score (nSPS) is 16.0. The molecular formula is C25H49N3O6S. The molecule has 3 N–H and O–H groups in total. The van der Waals surface area contributed by atoms with Crippen molar-refractivity contribution < 1.29 is 28.5 Å². The first-order valence-corrected chi connectivity index (χ1v) is 14.0. The first kappa shape index (κ1) is 35.7. The highest BCUT2D eigenvalue weighted by atomic mass is 32.2. The van der Waals surface area contributed by atoms with Gasteiger partial charge in [0.25, 0.3) is 0 Å². The molecule has 0 radical (unpaired) electrons. The van der Waals surface area contributed by atoms with Crippen LogP contribution >= 0.6 is 11.8 Å². The summed E-state index contributed by atoms with van der Waals surface area (Å²) in [5, 5.41) is 8.40. The molecule has 0 aromatic carbocycles. The molecular weight excluding hydrogens is 470 g/mol. The van der Waals surface area contributed by atoms with Gasteiger partial charge in [0.15, 0.2) is 0 Å². The molecule has 206 valence electrons. The molecule has 0 spiro atoms. The highest BCUT2D eigenvalue weighted by Gasteiger charge is 2.29. The van der Waals surface area contributed by atoms with E-state index in [9.17, 15) is 9.59 Å². The summed E-state index contributed by atoms with van der Waals surface area (Å²) < 4.78 is 20.7. The Labute approximate surface area is 217 Å². The molecule has 1 aliphatic rings.